The molecule has 1 N–H and O–H groups in total. The van der Waals surface area contributed by atoms with Crippen LogP contribution in [0.15, 0.2) is 30.3 Å². The van der Waals surface area contributed by atoms with E-state index in [-0.39, 0.29) is 34.1 Å². The maximum Gasteiger partial charge on any atom is 0.141 e. The summed E-state index contributed by atoms with van der Waals surface area (Å²) < 4.78 is 5.81. The Morgan fingerprint density at radius 1 is 1.10 bits per heavy atom. The van der Waals surface area contributed by atoms with E-state index in [1.165, 1.54) is 37.7 Å². The molecule has 3 nitrogen and oxygen atoms in total. The Morgan fingerprint density at radius 2 is 1.83 bits per heavy atom. The van der Waals surface area contributed by atoms with E-state index in [0.717, 1.165) is 12.8 Å². The third-order valence-electron chi connectivity index (χ3n) is 11.5. The molecule has 3 heteroatoms. The molecule has 0 aromatic heterocycles. The molecule has 5 saturated carbocycles. The fourth-order valence-electron chi connectivity index (χ4n) is 10.3. The van der Waals surface area contributed by atoms with Crippen molar-refractivity contribution in [1.29, 1.82) is 0 Å². The fraction of sp³-hybridized carbons (Fsp3) is 0.741. The summed E-state index contributed by atoms with van der Waals surface area (Å²) in [6.07, 6.45) is 8.65. The van der Waals surface area contributed by atoms with E-state index in [2.05, 4.69) is 44.2 Å². The number of ether oxygens (including phenoxy) is 1. The second-order valence-corrected chi connectivity index (χ2v) is 11.8. The standard InChI is InChI=1S/C27H36O3/c1-24-19-10-12-26(11-9-18(16-26)13-17-7-5-4-6-8-17)25(24,2)20(14-19)23-21(28)15-22(30-3)27(23,24)29/h4-8,18-20,22-23,29H,9-16H2,1-3H3. The van der Waals surface area contributed by atoms with Crippen LogP contribution in [0.3, 0.4) is 0 Å². The molecule has 162 valence electrons. The largest absolute Gasteiger partial charge is 0.386 e. The van der Waals surface area contributed by atoms with Gasteiger partial charge in [-0.3, -0.25) is 4.79 Å². The number of benzene rings is 1. The number of aliphatic hydroxyl groups is 1. The Morgan fingerprint density at radius 3 is 2.57 bits per heavy atom. The number of carbonyl (C=O) groups excluding carboxylic acids is 1. The van der Waals surface area contributed by atoms with Crippen LogP contribution < -0.4 is 0 Å². The number of methoxy groups -OCH3 is 1. The molecule has 0 amide bonds. The minimum Gasteiger partial charge on any atom is -0.386 e. The van der Waals surface area contributed by atoms with Gasteiger partial charge in [0.2, 0.25) is 0 Å². The van der Waals surface area contributed by atoms with E-state index < -0.39 is 5.60 Å². The number of fused-ring (bicyclic) bond motifs is 2. The normalized spacial score (nSPS) is 53.6. The van der Waals surface area contributed by atoms with Crippen molar-refractivity contribution in [2.75, 3.05) is 7.11 Å². The third-order valence-corrected chi connectivity index (χ3v) is 11.5. The number of carbonyl (C=O) groups is 1. The van der Waals surface area contributed by atoms with Gasteiger partial charge in [0.15, 0.2) is 0 Å². The lowest BCUT2D eigenvalue weighted by Crippen LogP contribution is -2.63. The predicted molar refractivity (Wildman–Crippen MR) is 116 cm³/mol. The van der Waals surface area contributed by atoms with Gasteiger partial charge in [-0.2, -0.15) is 0 Å². The van der Waals surface area contributed by atoms with Crippen LogP contribution in [0.4, 0.5) is 0 Å². The Labute approximate surface area is 180 Å². The average Bonchev–Trinajstić information content (AvgIpc) is 3.35. The second-order valence-electron chi connectivity index (χ2n) is 11.8. The van der Waals surface area contributed by atoms with Crippen LogP contribution in [0.25, 0.3) is 0 Å². The number of hydrogen-bond acceptors (Lipinski definition) is 3. The molecule has 4 bridgehead atoms. The summed E-state index contributed by atoms with van der Waals surface area (Å²) in [7, 11) is 1.69. The minimum absolute atomic E-state index is 0.0284. The molecule has 5 aliphatic carbocycles. The summed E-state index contributed by atoms with van der Waals surface area (Å²) in [6, 6.07) is 10.9. The van der Waals surface area contributed by atoms with Gasteiger partial charge in [0.05, 0.1) is 12.0 Å². The van der Waals surface area contributed by atoms with Crippen molar-refractivity contribution in [3.8, 4) is 0 Å². The van der Waals surface area contributed by atoms with Crippen LogP contribution in [-0.2, 0) is 16.0 Å². The number of rotatable bonds is 3. The highest BCUT2D eigenvalue weighted by atomic mass is 16.5. The zero-order valence-corrected chi connectivity index (χ0v) is 18.7. The Bertz CT molecular complexity index is 881. The molecule has 1 aromatic carbocycles. The summed E-state index contributed by atoms with van der Waals surface area (Å²) >= 11 is 0. The maximum absolute atomic E-state index is 13.2. The predicted octanol–water partition coefficient (Wildman–Crippen LogP) is 4.81. The Hall–Kier alpha value is -1.19. The molecule has 0 radical (unpaired) electrons. The van der Waals surface area contributed by atoms with Crippen molar-refractivity contribution in [2.45, 2.75) is 76.9 Å². The van der Waals surface area contributed by atoms with Crippen molar-refractivity contribution in [2.24, 2.45) is 39.9 Å². The number of Topliss-reactive ketones (excluding diaryl/α,β-unsaturated/α-hetero) is 1. The van der Waals surface area contributed by atoms with Gasteiger partial charge in [0.25, 0.3) is 0 Å². The highest BCUT2D eigenvalue weighted by molar-refractivity contribution is 5.88. The molecule has 9 atom stereocenters. The van der Waals surface area contributed by atoms with Gasteiger partial charge in [0.1, 0.15) is 11.4 Å². The summed E-state index contributed by atoms with van der Waals surface area (Å²) in [5.41, 5.74) is 0.538. The van der Waals surface area contributed by atoms with E-state index in [1.54, 1.807) is 7.11 Å². The van der Waals surface area contributed by atoms with Crippen LogP contribution in [0.2, 0.25) is 0 Å². The molecular weight excluding hydrogens is 372 g/mol. The molecule has 9 unspecified atom stereocenters. The molecule has 6 rings (SSSR count). The van der Waals surface area contributed by atoms with Crippen molar-refractivity contribution in [1.82, 2.24) is 0 Å². The zero-order valence-electron chi connectivity index (χ0n) is 18.7. The number of hydrogen-bond donors (Lipinski definition) is 1. The molecule has 30 heavy (non-hydrogen) atoms. The topological polar surface area (TPSA) is 46.5 Å². The summed E-state index contributed by atoms with van der Waals surface area (Å²) in [5.74, 6) is 1.61. The first-order valence-corrected chi connectivity index (χ1v) is 12.1. The van der Waals surface area contributed by atoms with E-state index in [4.69, 9.17) is 4.74 Å². The van der Waals surface area contributed by atoms with Gasteiger partial charge < -0.3 is 9.84 Å². The molecule has 0 aliphatic heterocycles. The van der Waals surface area contributed by atoms with E-state index >= 15 is 0 Å². The van der Waals surface area contributed by atoms with Gasteiger partial charge in [-0.1, -0.05) is 44.2 Å². The smallest absolute Gasteiger partial charge is 0.141 e. The molecule has 1 aromatic rings. The summed E-state index contributed by atoms with van der Waals surface area (Å²) in [6.45, 7) is 4.84. The zero-order chi connectivity index (χ0) is 20.9. The van der Waals surface area contributed by atoms with E-state index in [9.17, 15) is 9.90 Å². The first kappa shape index (κ1) is 19.5. The Balaban J connectivity index is 1.40. The fourth-order valence-corrected chi connectivity index (χ4v) is 10.3. The van der Waals surface area contributed by atoms with E-state index in [1.807, 2.05) is 0 Å². The van der Waals surface area contributed by atoms with Gasteiger partial charge in [-0.25, -0.2) is 0 Å². The lowest BCUT2D eigenvalue weighted by molar-refractivity contribution is -0.221. The second kappa shape index (κ2) is 5.98. The lowest BCUT2D eigenvalue weighted by atomic mass is 9.44. The van der Waals surface area contributed by atoms with E-state index in [0.29, 0.717) is 24.2 Å². The summed E-state index contributed by atoms with van der Waals surface area (Å²) in [4.78, 5) is 13.2. The highest BCUT2D eigenvalue weighted by Gasteiger charge is 2.87. The molecule has 0 saturated heterocycles. The SMILES string of the molecule is COC1CC(=O)C2C3CC4CCC5(CCC(Cc6ccccc6)C5)C3(C)C4(C)C12O. The van der Waals surface area contributed by atoms with Crippen LogP contribution >= 0.6 is 0 Å². The van der Waals surface area contributed by atoms with Gasteiger partial charge >= 0.3 is 0 Å². The maximum atomic E-state index is 13.2. The lowest BCUT2D eigenvalue weighted by Gasteiger charge is -2.61. The van der Waals surface area contributed by atoms with Crippen LogP contribution in [0.1, 0.15) is 64.4 Å². The first-order chi connectivity index (χ1) is 14.3. The van der Waals surface area contributed by atoms with Gasteiger partial charge in [-0.05, 0) is 79.1 Å². The minimum atomic E-state index is -0.980. The molecule has 1 spiro atoms. The molecular formula is C27H36O3. The average molecular weight is 409 g/mol. The Kier molecular flexibility index (Phi) is 3.89. The van der Waals surface area contributed by atoms with Crippen LogP contribution in [0.5, 0.6) is 0 Å². The van der Waals surface area contributed by atoms with Gasteiger partial charge in [0, 0.05) is 18.9 Å². The molecule has 5 aliphatic rings. The van der Waals surface area contributed by atoms with Gasteiger partial charge in [-0.15, -0.1) is 0 Å². The summed E-state index contributed by atoms with van der Waals surface area (Å²) in [5, 5.41) is 12.3. The highest BCUT2D eigenvalue weighted by Crippen LogP contribution is 2.86. The molecule has 0 heterocycles. The van der Waals surface area contributed by atoms with Crippen molar-refractivity contribution < 1.29 is 14.6 Å². The van der Waals surface area contributed by atoms with Crippen molar-refractivity contribution in [3.05, 3.63) is 35.9 Å². The van der Waals surface area contributed by atoms with Crippen LogP contribution in [0, 0.1) is 39.9 Å². The number of ketones is 1. The molecule has 5 fully saturated rings. The van der Waals surface area contributed by atoms with Crippen molar-refractivity contribution >= 4 is 5.78 Å². The monoisotopic (exact) mass is 408 g/mol. The van der Waals surface area contributed by atoms with Crippen LogP contribution in [-0.4, -0.2) is 29.7 Å². The van der Waals surface area contributed by atoms with Crippen molar-refractivity contribution in [3.63, 3.8) is 0 Å². The quantitative estimate of drug-likeness (QED) is 0.781. The first-order valence-electron chi connectivity index (χ1n) is 12.1. The third kappa shape index (κ3) is 1.91.